The number of carbonyl (C=O) groups is 1. The molecule has 1 fully saturated rings. The third-order valence-electron chi connectivity index (χ3n) is 5.53. The number of nitrogens with one attached hydrogen (secondary N) is 1. The highest BCUT2D eigenvalue weighted by atomic mass is 19.2. The number of alkyl carbamates (subject to hydrolysis) is 1. The van der Waals surface area contributed by atoms with Gasteiger partial charge >= 0.3 is 6.09 Å². The summed E-state index contributed by atoms with van der Waals surface area (Å²) in [5.41, 5.74) is 2.70. The van der Waals surface area contributed by atoms with Gasteiger partial charge in [0.1, 0.15) is 6.61 Å². The normalized spacial score (nSPS) is 18.6. The Morgan fingerprint density at radius 3 is 2.26 bits per heavy atom. The third kappa shape index (κ3) is 5.47. The lowest BCUT2D eigenvalue weighted by Crippen LogP contribution is -2.40. The molecule has 0 aromatic heterocycles. The molecule has 4 rings (SSSR count). The first-order chi connectivity index (χ1) is 15.1. The predicted molar refractivity (Wildman–Crippen MR) is 114 cm³/mol. The van der Waals surface area contributed by atoms with Crippen LogP contribution in [0.25, 0.3) is 0 Å². The van der Waals surface area contributed by atoms with Gasteiger partial charge in [0.2, 0.25) is 0 Å². The highest BCUT2D eigenvalue weighted by molar-refractivity contribution is 5.68. The maximum atomic E-state index is 13.9. The Kier molecular flexibility index (Phi) is 6.57. The summed E-state index contributed by atoms with van der Waals surface area (Å²) in [7, 11) is 0. The molecule has 160 valence electrons. The molecular formula is C25H24F2N2O2. The largest absolute Gasteiger partial charge is 0.445 e. The molecule has 0 radical (unpaired) electrons. The molecule has 3 aromatic rings. The van der Waals surface area contributed by atoms with Crippen molar-refractivity contribution in [1.29, 1.82) is 0 Å². The standard InChI is InChI=1S/C25H24F2N2O2/c26-22-12-11-20(13-23(22)27)21-15-29(14-18-7-3-1-4-8-18)16-24(21)28-25(30)31-17-19-9-5-2-6-10-19/h1-13,21,24H,14-17H2,(H,28,30)/t21-,24+/m0/s1. The Morgan fingerprint density at radius 1 is 0.903 bits per heavy atom. The van der Waals surface area contributed by atoms with Gasteiger partial charge in [-0.1, -0.05) is 66.7 Å². The molecule has 6 heteroatoms. The zero-order chi connectivity index (χ0) is 21.6. The lowest BCUT2D eigenvalue weighted by atomic mass is 9.94. The zero-order valence-corrected chi connectivity index (χ0v) is 17.0. The van der Waals surface area contributed by atoms with Crippen LogP contribution in [-0.2, 0) is 17.9 Å². The van der Waals surface area contributed by atoms with Gasteiger partial charge in [0.15, 0.2) is 11.6 Å². The maximum Gasteiger partial charge on any atom is 0.407 e. The first-order valence-electron chi connectivity index (χ1n) is 10.3. The van der Waals surface area contributed by atoms with E-state index in [9.17, 15) is 13.6 Å². The second-order valence-electron chi connectivity index (χ2n) is 7.77. The Morgan fingerprint density at radius 2 is 1.58 bits per heavy atom. The van der Waals surface area contributed by atoms with Gasteiger partial charge in [0.05, 0.1) is 6.04 Å². The van der Waals surface area contributed by atoms with Crippen LogP contribution in [0.1, 0.15) is 22.6 Å². The minimum Gasteiger partial charge on any atom is -0.445 e. The SMILES string of the molecule is O=C(N[C@@H]1CN(Cc2ccccc2)C[C@H]1c1ccc(F)c(F)c1)OCc1ccccc1. The van der Waals surface area contributed by atoms with Gasteiger partial charge in [0.25, 0.3) is 0 Å². The maximum absolute atomic E-state index is 13.9. The fourth-order valence-corrected chi connectivity index (χ4v) is 4.00. The van der Waals surface area contributed by atoms with Crippen LogP contribution >= 0.6 is 0 Å². The van der Waals surface area contributed by atoms with Crippen molar-refractivity contribution in [3.63, 3.8) is 0 Å². The highest BCUT2D eigenvalue weighted by Crippen LogP contribution is 2.30. The summed E-state index contributed by atoms with van der Waals surface area (Å²) in [4.78, 5) is 14.6. The first kappa shape index (κ1) is 21.0. The van der Waals surface area contributed by atoms with E-state index in [0.29, 0.717) is 25.2 Å². The summed E-state index contributed by atoms with van der Waals surface area (Å²) in [5.74, 6) is -1.94. The molecule has 1 aliphatic rings. The Labute approximate surface area is 180 Å². The summed E-state index contributed by atoms with van der Waals surface area (Å²) >= 11 is 0. The van der Waals surface area contributed by atoms with Crippen molar-refractivity contribution in [2.24, 2.45) is 0 Å². The number of hydrogen-bond donors (Lipinski definition) is 1. The van der Waals surface area contributed by atoms with Crippen molar-refractivity contribution < 1.29 is 18.3 Å². The average Bonchev–Trinajstić information content (AvgIpc) is 3.17. The molecule has 0 bridgehead atoms. The Balaban J connectivity index is 1.46. The second-order valence-corrected chi connectivity index (χ2v) is 7.77. The average molecular weight is 422 g/mol. The van der Waals surface area contributed by atoms with Crippen LogP contribution in [0, 0.1) is 11.6 Å². The predicted octanol–water partition coefficient (Wildman–Crippen LogP) is 4.86. The summed E-state index contributed by atoms with van der Waals surface area (Å²) in [6, 6.07) is 23.1. The van der Waals surface area contributed by atoms with Crippen molar-refractivity contribution in [1.82, 2.24) is 10.2 Å². The molecule has 0 saturated carbocycles. The molecule has 1 amide bonds. The number of carbonyl (C=O) groups excluding carboxylic acids is 1. The van der Waals surface area contributed by atoms with Crippen LogP contribution in [0.5, 0.6) is 0 Å². The van der Waals surface area contributed by atoms with E-state index >= 15 is 0 Å². The van der Waals surface area contributed by atoms with Crippen LogP contribution in [-0.4, -0.2) is 30.1 Å². The number of rotatable bonds is 6. The van der Waals surface area contributed by atoms with Crippen molar-refractivity contribution in [3.05, 3.63) is 107 Å². The van der Waals surface area contributed by atoms with Crippen LogP contribution < -0.4 is 5.32 Å². The first-order valence-corrected chi connectivity index (χ1v) is 10.3. The number of hydrogen-bond acceptors (Lipinski definition) is 3. The molecule has 31 heavy (non-hydrogen) atoms. The monoisotopic (exact) mass is 422 g/mol. The molecule has 3 aromatic carbocycles. The topological polar surface area (TPSA) is 41.6 Å². The summed E-state index contributed by atoms with van der Waals surface area (Å²) in [6.45, 7) is 2.07. The minimum absolute atomic E-state index is 0.170. The fraction of sp³-hybridized carbons (Fsp3) is 0.240. The lowest BCUT2D eigenvalue weighted by Gasteiger charge is -2.20. The fourth-order valence-electron chi connectivity index (χ4n) is 4.00. The number of likely N-dealkylation sites (tertiary alicyclic amines) is 1. The van der Waals surface area contributed by atoms with E-state index in [-0.39, 0.29) is 18.6 Å². The molecule has 1 aliphatic heterocycles. The molecule has 0 unspecified atom stereocenters. The van der Waals surface area contributed by atoms with E-state index in [2.05, 4.69) is 10.2 Å². The van der Waals surface area contributed by atoms with Gasteiger partial charge in [-0.15, -0.1) is 0 Å². The Hall–Kier alpha value is -3.25. The van der Waals surface area contributed by atoms with Gasteiger partial charge in [-0.2, -0.15) is 0 Å². The van der Waals surface area contributed by atoms with E-state index in [0.717, 1.165) is 17.2 Å². The van der Waals surface area contributed by atoms with E-state index in [4.69, 9.17) is 4.74 Å². The Bertz CT molecular complexity index is 1010. The molecule has 4 nitrogen and oxygen atoms in total. The highest BCUT2D eigenvalue weighted by Gasteiger charge is 2.35. The third-order valence-corrected chi connectivity index (χ3v) is 5.53. The number of ether oxygens (including phenoxy) is 1. The number of halogens is 2. The second kappa shape index (κ2) is 9.71. The number of amides is 1. The summed E-state index contributed by atoms with van der Waals surface area (Å²) in [6.07, 6.45) is -0.525. The van der Waals surface area contributed by atoms with Crippen LogP contribution in [0.4, 0.5) is 13.6 Å². The summed E-state index contributed by atoms with van der Waals surface area (Å²) < 4.78 is 32.7. The molecule has 1 heterocycles. The molecule has 0 aliphatic carbocycles. The number of nitrogens with zero attached hydrogens (tertiary/aromatic N) is 1. The van der Waals surface area contributed by atoms with E-state index in [1.807, 2.05) is 60.7 Å². The van der Waals surface area contributed by atoms with Crippen molar-refractivity contribution in [2.45, 2.75) is 25.1 Å². The van der Waals surface area contributed by atoms with Crippen molar-refractivity contribution in [2.75, 3.05) is 13.1 Å². The van der Waals surface area contributed by atoms with Crippen LogP contribution in [0.2, 0.25) is 0 Å². The lowest BCUT2D eigenvalue weighted by molar-refractivity contribution is 0.135. The molecule has 1 N–H and O–H groups in total. The van der Waals surface area contributed by atoms with E-state index < -0.39 is 17.7 Å². The quantitative estimate of drug-likeness (QED) is 0.617. The van der Waals surface area contributed by atoms with Gasteiger partial charge < -0.3 is 10.1 Å². The molecular weight excluding hydrogens is 398 g/mol. The van der Waals surface area contributed by atoms with E-state index in [1.165, 1.54) is 6.07 Å². The summed E-state index contributed by atoms with van der Waals surface area (Å²) in [5, 5.41) is 2.93. The zero-order valence-electron chi connectivity index (χ0n) is 17.0. The smallest absolute Gasteiger partial charge is 0.407 e. The van der Waals surface area contributed by atoms with Gasteiger partial charge in [0, 0.05) is 25.6 Å². The molecule has 0 spiro atoms. The number of benzene rings is 3. The molecule has 2 atom stereocenters. The van der Waals surface area contributed by atoms with Gasteiger partial charge in [-0.25, -0.2) is 13.6 Å². The van der Waals surface area contributed by atoms with Crippen LogP contribution in [0.3, 0.4) is 0 Å². The van der Waals surface area contributed by atoms with E-state index in [1.54, 1.807) is 6.07 Å². The minimum atomic E-state index is -0.885. The molecule has 1 saturated heterocycles. The van der Waals surface area contributed by atoms with Crippen LogP contribution in [0.15, 0.2) is 78.9 Å². The van der Waals surface area contributed by atoms with Crippen molar-refractivity contribution >= 4 is 6.09 Å². The van der Waals surface area contributed by atoms with Crippen molar-refractivity contribution in [3.8, 4) is 0 Å². The van der Waals surface area contributed by atoms with Gasteiger partial charge in [-0.3, -0.25) is 4.90 Å². The van der Waals surface area contributed by atoms with Gasteiger partial charge in [-0.05, 0) is 28.8 Å².